The Bertz CT molecular complexity index is 399. The third kappa shape index (κ3) is 2.32. The molecule has 0 aliphatic carbocycles. The molecular formula is C15H26N2O3. The van der Waals surface area contributed by atoms with E-state index in [9.17, 15) is 9.59 Å². The summed E-state index contributed by atoms with van der Waals surface area (Å²) in [5.74, 6) is 0.610. The number of nitrogens with one attached hydrogen (secondary N) is 1. The van der Waals surface area contributed by atoms with E-state index in [1.807, 2.05) is 0 Å². The summed E-state index contributed by atoms with van der Waals surface area (Å²) in [4.78, 5) is 25.8. The van der Waals surface area contributed by atoms with Crippen LogP contribution in [0.25, 0.3) is 0 Å². The van der Waals surface area contributed by atoms with Gasteiger partial charge in [0.25, 0.3) is 0 Å². The van der Waals surface area contributed by atoms with Gasteiger partial charge in [-0.1, -0.05) is 20.8 Å². The molecule has 2 saturated heterocycles. The van der Waals surface area contributed by atoms with Crippen LogP contribution in [0.5, 0.6) is 0 Å². The predicted molar refractivity (Wildman–Crippen MR) is 76.1 cm³/mol. The maximum atomic E-state index is 12.1. The molecule has 0 saturated carbocycles. The Morgan fingerprint density at radius 1 is 1.30 bits per heavy atom. The lowest BCUT2D eigenvalue weighted by molar-refractivity contribution is -0.150. The maximum absolute atomic E-state index is 12.1. The largest absolute Gasteiger partial charge is 0.372 e. The lowest BCUT2D eigenvalue weighted by atomic mass is 9.79. The molecule has 5 nitrogen and oxygen atoms in total. The number of fused-ring (bicyclic) bond motifs is 1. The molecule has 2 amide bonds. The fourth-order valence-corrected chi connectivity index (χ4v) is 3.88. The Hall–Kier alpha value is -1.10. The third-order valence-corrected chi connectivity index (χ3v) is 5.11. The number of amides is 2. The van der Waals surface area contributed by atoms with Gasteiger partial charge in [-0.3, -0.25) is 9.59 Å². The van der Waals surface area contributed by atoms with E-state index in [2.05, 4.69) is 26.1 Å². The minimum Gasteiger partial charge on any atom is -0.372 e. The second kappa shape index (κ2) is 5.72. The van der Waals surface area contributed by atoms with Gasteiger partial charge in [-0.2, -0.15) is 0 Å². The van der Waals surface area contributed by atoms with Crippen LogP contribution in [0, 0.1) is 11.8 Å². The molecule has 2 rings (SSSR count). The second-order valence-electron chi connectivity index (χ2n) is 6.12. The number of carbonyl (C=O) groups is 2. The second-order valence-corrected chi connectivity index (χ2v) is 6.12. The average Bonchev–Trinajstić information content (AvgIpc) is 2.81. The zero-order chi connectivity index (χ0) is 15.0. The SMILES string of the molecule is CCC1O[C@@H]2C[C@@H](C(=O)NC)N(C(C)=O)C2[C@@H](C)[C@@H]1C. The molecule has 2 aliphatic heterocycles. The van der Waals surface area contributed by atoms with Crippen LogP contribution < -0.4 is 5.32 Å². The number of likely N-dealkylation sites (N-methyl/N-ethyl adjacent to an activating group) is 1. The molecule has 0 radical (unpaired) electrons. The molecule has 0 bridgehead atoms. The zero-order valence-electron chi connectivity index (χ0n) is 13.1. The lowest BCUT2D eigenvalue weighted by Gasteiger charge is -2.44. The topological polar surface area (TPSA) is 58.6 Å². The number of hydrogen-bond donors (Lipinski definition) is 1. The van der Waals surface area contributed by atoms with Crippen molar-refractivity contribution in [2.45, 2.75) is 64.8 Å². The minimum absolute atomic E-state index is 0.0163. The van der Waals surface area contributed by atoms with Gasteiger partial charge in [-0.05, 0) is 18.3 Å². The molecule has 2 fully saturated rings. The van der Waals surface area contributed by atoms with Gasteiger partial charge in [0, 0.05) is 20.4 Å². The number of likely N-dealkylation sites (tertiary alicyclic amines) is 1. The first-order valence-electron chi connectivity index (χ1n) is 7.58. The number of rotatable bonds is 2. The van der Waals surface area contributed by atoms with Crippen LogP contribution in [-0.4, -0.2) is 48.1 Å². The van der Waals surface area contributed by atoms with E-state index < -0.39 is 6.04 Å². The molecular weight excluding hydrogens is 256 g/mol. The minimum atomic E-state index is -0.391. The summed E-state index contributed by atoms with van der Waals surface area (Å²) in [6.45, 7) is 8.03. The molecule has 2 heterocycles. The monoisotopic (exact) mass is 282 g/mol. The highest BCUT2D eigenvalue weighted by molar-refractivity contribution is 5.87. The standard InChI is InChI=1S/C15H26N2O3/c1-6-12-8(2)9(3)14-13(20-12)7-11(15(19)16-5)17(14)10(4)18/h8-9,11-14H,6-7H2,1-5H3,(H,16,19)/t8-,9-,11-,12?,13+,14?/m0/s1. The van der Waals surface area contributed by atoms with Crippen molar-refractivity contribution < 1.29 is 14.3 Å². The molecule has 0 spiro atoms. The summed E-state index contributed by atoms with van der Waals surface area (Å²) in [7, 11) is 1.62. The highest BCUT2D eigenvalue weighted by atomic mass is 16.5. The molecule has 2 unspecified atom stereocenters. The molecule has 6 atom stereocenters. The maximum Gasteiger partial charge on any atom is 0.242 e. The van der Waals surface area contributed by atoms with Crippen molar-refractivity contribution in [1.29, 1.82) is 0 Å². The van der Waals surface area contributed by atoms with Crippen molar-refractivity contribution >= 4 is 11.8 Å². The first-order valence-corrected chi connectivity index (χ1v) is 7.58. The summed E-state index contributed by atoms with van der Waals surface area (Å²) >= 11 is 0. The molecule has 0 aromatic carbocycles. The number of nitrogens with zero attached hydrogens (tertiary/aromatic N) is 1. The van der Waals surface area contributed by atoms with Gasteiger partial charge in [0.05, 0.1) is 18.2 Å². The van der Waals surface area contributed by atoms with Crippen LogP contribution >= 0.6 is 0 Å². The smallest absolute Gasteiger partial charge is 0.242 e. The van der Waals surface area contributed by atoms with Gasteiger partial charge in [0.15, 0.2) is 0 Å². The van der Waals surface area contributed by atoms with Gasteiger partial charge in [0.2, 0.25) is 11.8 Å². The molecule has 1 N–H and O–H groups in total. The van der Waals surface area contributed by atoms with Crippen LogP contribution in [0.1, 0.15) is 40.5 Å². The summed E-state index contributed by atoms with van der Waals surface area (Å²) in [5, 5.41) is 2.66. The van der Waals surface area contributed by atoms with Gasteiger partial charge >= 0.3 is 0 Å². The van der Waals surface area contributed by atoms with E-state index in [1.54, 1.807) is 18.9 Å². The Balaban J connectivity index is 2.30. The van der Waals surface area contributed by atoms with Crippen molar-refractivity contribution in [3.05, 3.63) is 0 Å². The van der Waals surface area contributed by atoms with Gasteiger partial charge in [-0.25, -0.2) is 0 Å². The Morgan fingerprint density at radius 2 is 1.95 bits per heavy atom. The average molecular weight is 282 g/mol. The number of carbonyl (C=O) groups excluding carboxylic acids is 2. The van der Waals surface area contributed by atoms with Crippen molar-refractivity contribution in [3.8, 4) is 0 Å². The summed E-state index contributed by atoms with van der Waals surface area (Å²) < 4.78 is 6.17. The third-order valence-electron chi connectivity index (χ3n) is 5.11. The normalized spacial score (nSPS) is 40.4. The summed E-state index contributed by atoms with van der Waals surface area (Å²) in [6, 6.07) is -0.370. The fourth-order valence-electron chi connectivity index (χ4n) is 3.88. The Morgan fingerprint density at radius 3 is 2.45 bits per heavy atom. The fraction of sp³-hybridized carbons (Fsp3) is 0.867. The van der Waals surface area contributed by atoms with Crippen LogP contribution in [-0.2, 0) is 14.3 Å². The van der Waals surface area contributed by atoms with E-state index >= 15 is 0 Å². The van der Waals surface area contributed by atoms with Crippen molar-refractivity contribution in [2.24, 2.45) is 11.8 Å². The van der Waals surface area contributed by atoms with E-state index in [-0.39, 0.29) is 30.1 Å². The van der Waals surface area contributed by atoms with Crippen LogP contribution in [0.2, 0.25) is 0 Å². The Kier molecular flexibility index (Phi) is 4.37. The van der Waals surface area contributed by atoms with Crippen molar-refractivity contribution in [1.82, 2.24) is 10.2 Å². The van der Waals surface area contributed by atoms with E-state index in [0.717, 1.165) is 6.42 Å². The zero-order valence-corrected chi connectivity index (χ0v) is 13.1. The summed E-state index contributed by atoms with van der Waals surface area (Å²) in [5.41, 5.74) is 0. The van der Waals surface area contributed by atoms with Crippen molar-refractivity contribution in [2.75, 3.05) is 7.05 Å². The summed E-state index contributed by atoms with van der Waals surface area (Å²) in [6.07, 6.45) is 1.79. The molecule has 0 aromatic heterocycles. The number of ether oxygens (including phenoxy) is 1. The molecule has 114 valence electrons. The quantitative estimate of drug-likeness (QED) is 0.827. The molecule has 5 heteroatoms. The van der Waals surface area contributed by atoms with E-state index in [0.29, 0.717) is 18.3 Å². The van der Waals surface area contributed by atoms with Gasteiger partial charge in [0.1, 0.15) is 6.04 Å². The predicted octanol–water partition coefficient (Wildman–Crippen LogP) is 1.17. The van der Waals surface area contributed by atoms with Gasteiger partial charge in [-0.15, -0.1) is 0 Å². The van der Waals surface area contributed by atoms with Crippen LogP contribution in [0.3, 0.4) is 0 Å². The van der Waals surface area contributed by atoms with Crippen LogP contribution in [0.4, 0.5) is 0 Å². The first kappa shape index (κ1) is 15.3. The van der Waals surface area contributed by atoms with E-state index in [1.165, 1.54) is 0 Å². The lowest BCUT2D eigenvalue weighted by Crippen LogP contribution is -2.55. The van der Waals surface area contributed by atoms with Gasteiger partial charge < -0.3 is 15.0 Å². The highest BCUT2D eigenvalue weighted by Gasteiger charge is 2.53. The molecule has 20 heavy (non-hydrogen) atoms. The molecule has 0 aromatic rings. The number of hydrogen-bond acceptors (Lipinski definition) is 3. The van der Waals surface area contributed by atoms with E-state index in [4.69, 9.17) is 4.74 Å². The van der Waals surface area contributed by atoms with Crippen molar-refractivity contribution in [3.63, 3.8) is 0 Å². The Labute approximate surface area is 121 Å². The highest BCUT2D eigenvalue weighted by Crippen LogP contribution is 2.42. The molecule has 2 aliphatic rings. The van der Waals surface area contributed by atoms with Crippen LogP contribution in [0.15, 0.2) is 0 Å². The first-order chi connectivity index (χ1) is 9.42.